The molecule has 1 amide bonds. The minimum atomic E-state index is -0.226. The molecular weight excluding hydrogens is 304 g/mol. The molecule has 0 radical (unpaired) electrons. The highest BCUT2D eigenvalue weighted by atomic mass is 16.2. The van der Waals surface area contributed by atoms with Crippen molar-refractivity contribution in [2.24, 2.45) is 0 Å². The van der Waals surface area contributed by atoms with Gasteiger partial charge in [-0.05, 0) is 31.2 Å². The van der Waals surface area contributed by atoms with E-state index in [9.17, 15) is 9.59 Å². The Kier molecular flexibility index (Phi) is 4.65. The number of amides is 1. The fraction of sp³-hybridized carbons (Fsp3) is 0.222. The number of hydrogen-bond acceptors (Lipinski definition) is 4. The molecule has 0 N–H and O–H groups in total. The average molecular weight is 322 g/mol. The number of hydrogen-bond donors (Lipinski definition) is 0. The minimum absolute atomic E-state index is 0.0504. The van der Waals surface area contributed by atoms with Crippen LogP contribution in [0.4, 0.5) is 5.69 Å². The third-order valence-corrected chi connectivity index (χ3v) is 3.85. The third-order valence-electron chi connectivity index (χ3n) is 3.85. The van der Waals surface area contributed by atoms with E-state index in [1.165, 1.54) is 4.68 Å². The maximum Gasteiger partial charge on any atom is 0.277 e. The lowest BCUT2D eigenvalue weighted by Gasteiger charge is -2.21. The fourth-order valence-corrected chi connectivity index (χ4v) is 2.62. The van der Waals surface area contributed by atoms with Crippen LogP contribution in [0, 0.1) is 0 Å². The summed E-state index contributed by atoms with van der Waals surface area (Å²) in [6.07, 6.45) is 0.190. The summed E-state index contributed by atoms with van der Waals surface area (Å²) in [5.74, 6) is -0.0504. The van der Waals surface area contributed by atoms with Gasteiger partial charge in [-0.25, -0.2) is 4.68 Å². The number of aromatic nitrogens is 3. The smallest absolute Gasteiger partial charge is 0.277 e. The first-order valence-electron chi connectivity index (χ1n) is 7.88. The summed E-state index contributed by atoms with van der Waals surface area (Å²) in [6, 6.07) is 16.5. The summed E-state index contributed by atoms with van der Waals surface area (Å²) >= 11 is 0. The van der Waals surface area contributed by atoms with E-state index in [0.29, 0.717) is 17.4 Å². The summed E-state index contributed by atoms with van der Waals surface area (Å²) in [7, 11) is 0. The van der Waals surface area contributed by atoms with E-state index >= 15 is 0 Å². The molecule has 1 heterocycles. The number of nitrogens with zero attached hydrogens (tertiary/aromatic N) is 4. The van der Waals surface area contributed by atoms with E-state index in [2.05, 4.69) is 10.3 Å². The molecule has 24 heavy (non-hydrogen) atoms. The first kappa shape index (κ1) is 15.9. The number of carbonyl (C=O) groups excluding carboxylic acids is 1. The van der Waals surface area contributed by atoms with Crippen LogP contribution in [0.2, 0.25) is 0 Å². The Morgan fingerprint density at radius 2 is 1.79 bits per heavy atom. The second kappa shape index (κ2) is 7.04. The number of carbonyl (C=O) groups is 1. The van der Waals surface area contributed by atoms with Gasteiger partial charge in [-0.3, -0.25) is 9.59 Å². The lowest BCUT2D eigenvalue weighted by Crippen LogP contribution is -2.33. The summed E-state index contributed by atoms with van der Waals surface area (Å²) in [4.78, 5) is 26.6. The molecule has 6 heteroatoms. The Bertz CT molecular complexity index is 906. The Hall–Kier alpha value is -3.02. The Morgan fingerprint density at radius 1 is 1.08 bits per heavy atom. The van der Waals surface area contributed by atoms with Crippen molar-refractivity contribution in [2.75, 3.05) is 11.4 Å². The highest BCUT2D eigenvalue weighted by molar-refractivity contribution is 5.93. The van der Waals surface area contributed by atoms with Gasteiger partial charge in [0.15, 0.2) is 0 Å². The molecule has 3 rings (SSSR count). The van der Waals surface area contributed by atoms with Gasteiger partial charge in [0.1, 0.15) is 5.52 Å². The van der Waals surface area contributed by atoms with Crippen LogP contribution in [-0.2, 0) is 11.3 Å². The van der Waals surface area contributed by atoms with E-state index in [4.69, 9.17) is 0 Å². The van der Waals surface area contributed by atoms with Crippen molar-refractivity contribution in [1.82, 2.24) is 15.0 Å². The molecule has 0 spiro atoms. The number of anilines is 1. The van der Waals surface area contributed by atoms with Gasteiger partial charge in [-0.15, -0.1) is 5.10 Å². The van der Waals surface area contributed by atoms with E-state index in [0.717, 1.165) is 5.69 Å². The molecule has 0 aliphatic heterocycles. The van der Waals surface area contributed by atoms with Crippen molar-refractivity contribution >= 4 is 22.5 Å². The Labute approximate surface area is 139 Å². The van der Waals surface area contributed by atoms with Crippen molar-refractivity contribution in [3.05, 3.63) is 65.0 Å². The molecule has 1 aromatic heterocycles. The maximum absolute atomic E-state index is 12.5. The molecule has 122 valence electrons. The second-order valence-electron chi connectivity index (χ2n) is 5.36. The van der Waals surface area contributed by atoms with Gasteiger partial charge < -0.3 is 4.90 Å². The molecular formula is C18H18N4O2. The molecule has 0 saturated carbocycles. The van der Waals surface area contributed by atoms with Gasteiger partial charge >= 0.3 is 0 Å². The molecule has 0 saturated heterocycles. The van der Waals surface area contributed by atoms with Crippen LogP contribution < -0.4 is 10.5 Å². The zero-order valence-electron chi connectivity index (χ0n) is 13.4. The summed E-state index contributed by atoms with van der Waals surface area (Å²) < 4.78 is 1.25. The van der Waals surface area contributed by atoms with Crippen LogP contribution >= 0.6 is 0 Å². The van der Waals surface area contributed by atoms with Crippen LogP contribution in [0.15, 0.2) is 59.4 Å². The number of benzene rings is 2. The quantitative estimate of drug-likeness (QED) is 0.722. The van der Waals surface area contributed by atoms with Gasteiger partial charge in [0.05, 0.1) is 11.9 Å². The standard InChI is InChI=1S/C18H18N4O2/c1-2-21(14-8-4-3-5-9-14)17(23)12-13-22-18(24)15-10-6-7-11-16(15)19-20-22/h3-11H,2,12-13H2,1H3. The van der Waals surface area contributed by atoms with Crippen molar-refractivity contribution in [3.63, 3.8) is 0 Å². The SMILES string of the molecule is CCN(C(=O)CCn1nnc2ccccc2c1=O)c1ccccc1. The van der Waals surface area contributed by atoms with E-state index in [1.54, 1.807) is 23.1 Å². The lowest BCUT2D eigenvalue weighted by atomic mass is 10.2. The van der Waals surface area contributed by atoms with Crippen molar-refractivity contribution in [3.8, 4) is 0 Å². The Morgan fingerprint density at radius 3 is 2.54 bits per heavy atom. The van der Waals surface area contributed by atoms with Crippen LogP contribution in [0.25, 0.3) is 10.9 Å². The second-order valence-corrected chi connectivity index (χ2v) is 5.36. The maximum atomic E-state index is 12.5. The molecule has 0 fully saturated rings. The van der Waals surface area contributed by atoms with Gasteiger partial charge in [0.25, 0.3) is 5.56 Å². The monoisotopic (exact) mass is 322 g/mol. The van der Waals surface area contributed by atoms with Crippen LogP contribution in [0.1, 0.15) is 13.3 Å². The van der Waals surface area contributed by atoms with E-state index in [1.807, 2.05) is 43.3 Å². The lowest BCUT2D eigenvalue weighted by molar-refractivity contribution is -0.118. The van der Waals surface area contributed by atoms with Gasteiger partial charge in [-0.2, -0.15) is 0 Å². The molecule has 3 aromatic rings. The molecule has 6 nitrogen and oxygen atoms in total. The molecule has 0 unspecified atom stereocenters. The highest BCUT2D eigenvalue weighted by Crippen LogP contribution is 2.14. The first-order valence-corrected chi connectivity index (χ1v) is 7.88. The number of rotatable bonds is 5. The average Bonchev–Trinajstić information content (AvgIpc) is 2.63. The number of para-hydroxylation sites is 1. The summed E-state index contributed by atoms with van der Waals surface area (Å²) in [5, 5.41) is 8.46. The zero-order valence-corrected chi connectivity index (χ0v) is 13.4. The highest BCUT2D eigenvalue weighted by Gasteiger charge is 2.14. The number of fused-ring (bicyclic) bond motifs is 1. The van der Waals surface area contributed by atoms with Gasteiger partial charge in [0, 0.05) is 18.7 Å². The van der Waals surface area contributed by atoms with E-state index in [-0.39, 0.29) is 24.4 Å². The molecule has 0 aliphatic carbocycles. The van der Waals surface area contributed by atoms with E-state index < -0.39 is 0 Å². The van der Waals surface area contributed by atoms with Crippen molar-refractivity contribution in [2.45, 2.75) is 19.9 Å². The largest absolute Gasteiger partial charge is 0.313 e. The molecule has 0 aliphatic rings. The third kappa shape index (κ3) is 3.17. The number of aryl methyl sites for hydroxylation is 1. The zero-order chi connectivity index (χ0) is 16.9. The van der Waals surface area contributed by atoms with Gasteiger partial charge in [0.2, 0.25) is 5.91 Å². The molecule has 0 bridgehead atoms. The predicted octanol–water partition coefficient (Wildman–Crippen LogP) is 2.23. The van der Waals surface area contributed by atoms with Gasteiger partial charge in [-0.1, -0.05) is 35.5 Å². The topological polar surface area (TPSA) is 68.1 Å². The normalized spacial score (nSPS) is 10.7. The molecule has 2 aromatic carbocycles. The summed E-state index contributed by atoms with van der Waals surface area (Å²) in [5.41, 5.74) is 1.18. The van der Waals surface area contributed by atoms with Crippen LogP contribution in [-0.4, -0.2) is 27.4 Å². The fourth-order valence-electron chi connectivity index (χ4n) is 2.62. The van der Waals surface area contributed by atoms with Crippen LogP contribution in [0.5, 0.6) is 0 Å². The summed E-state index contributed by atoms with van der Waals surface area (Å²) in [6.45, 7) is 2.70. The minimum Gasteiger partial charge on any atom is -0.313 e. The Balaban J connectivity index is 1.77. The first-order chi connectivity index (χ1) is 11.7. The van der Waals surface area contributed by atoms with Crippen molar-refractivity contribution in [1.29, 1.82) is 0 Å². The predicted molar refractivity (Wildman–Crippen MR) is 92.9 cm³/mol. The van der Waals surface area contributed by atoms with Crippen molar-refractivity contribution < 1.29 is 4.79 Å². The van der Waals surface area contributed by atoms with Crippen LogP contribution in [0.3, 0.4) is 0 Å². The molecule has 0 atom stereocenters.